The zero-order valence-corrected chi connectivity index (χ0v) is 13.2. The summed E-state index contributed by atoms with van der Waals surface area (Å²) in [4.78, 5) is 24.3. The van der Waals surface area contributed by atoms with Crippen LogP contribution >= 0.6 is 0 Å². The summed E-state index contributed by atoms with van der Waals surface area (Å²) < 4.78 is 10.5. The molecule has 0 aliphatic carbocycles. The van der Waals surface area contributed by atoms with Crippen LogP contribution in [0.5, 0.6) is 5.75 Å². The van der Waals surface area contributed by atoms with E-state index in [0.717, 1.165) is 11.1 Å². The van der Waals surface area contributed by atoms with E-state index in [1.54, 1.807) is 7.11 Å². The first-order chi connectivity index (χ1) is 11.6. The Morgan fingerprint density at radius 1 is 1.25 bits per heavy atom. The molecule has 3 aromatic rings. The largest absolute Gasteiger partial charge is 0.496 e. The number of benzene rings is 2. The van der Waals surface area contributed by atoms with Crippen LogP contribution in [-0.2, 0) is 11.3 Å². The minimum absolute atomic E-state index is 0.102. The maximum absolute atomic E-state index is 12.4. The fourth-order valence-corrected chi connectivity index (χ4v) is 3.24. The van der Waals surface area contributed by atoms with Crippen LogP contribution in [0.15, 0.2) is 35.1 Å². The third kappa shape index (κ3) is 1.93. The van der Waals surface area contributed by atoms with Crippen molar-refractivity contribution in [3.05, 3.63) is 57.4 Å². The van der Waals surface area contributed by atoms with E-state index in [9.17, 15) is 9.59 Å². The van der Waals surface area contributed by atoms with Crippen LogP contribution < -0.4 is 10.3 Å². The third-order valence-corrected chi connectivity index (χ3v) is 4.29. The molecule has 0 spiro atoms. The number of esters is 1. The highest BCUT2D eigenvalue weighted by atomic mass is 16.5. The van der Waals surface area contributed by atoms with Gasteiger partial charge in [0.05, 0.1) is 18.1 Å². The van der Waals surface area contributed by atoms with Crippen LogP contribution in [0.1, 0.15) is 21.5 Å². The first kappa shape index (κ1) is 14.4. The number of fused-ring (bicyclic) bond motifs is 3. The van der Waals surface area contributed by atoms with Gasteiger partial charge in [-0.05, 0) is 30.7 Å². The van der Waals surface area contributed by atoms with Crippen molar-refractivity contribution in [1.82, 2.24) is 10.2 Å². The summed E-state index contributed by atoms with van der Waals surface area (Å²) in [5.74, 6) is 0.267. The summed E-state index contributed by atoms with van der Waals surface area (Å²) in [5.41, 5.74) is 2.90. The van der Waals surface area contributed by atoms with E-state index in [1.165, 1.54) is 0 Å². The van der Waals surface area contributed by atoms with Gasteiger partial charge in [0.2, 0.25) is 0 Å². The smallest absolute Gasteiger partial charge is 0.339 e. The van der Waals surface area contributed by atoms with Gasteiger partial charge in [-0.1, -0.05) is 12.1 Å². The molecule has 6 nitrogen and oxygen atoms in total. The number of carbonyl (C=O) groups is 1. The molecule has 2 aromatic carbocycles. The molecule has 1 N–H and O–H groups in total. The van der Waals surface area contributed by atoms with Gasteiger partial charge < -0.3 is 9.47 Å². The highest BCUT2D eigenvalue weighted by molar-refractivity contribution is 6.05. The van der Waals surface area contributed by atoms with E-state index >= 15 is 0 Å². The van der Waals surface area contributed by atoms with Crippen LogP contribution in [-0.4, -0.2) is 23.3 Å². The molecule has 0 radical (unpaired) electrons. The van der Waals surface area contributed by atoms with E-state index in [2.05, 4.69) is 10.2 Å². The zero-order chi connectivity index (χ0) is 16.8. The van der Waals surface area contributed by atoms with E-state index in [1.807, 2.05) is 37.3 Å². The molecule has 0 atom stereocenters. The van der Waals surface area contributed by atoms with Crippen molar-refractivity contribution in [2.45, 2.75) is 13.5 Å². The van der Waals surface area contributed by atoms with Crippen molar-refractivity contribution in [3.63, 3.8) is 0 Å². The Labute approximate surface area is 137 Å². The molecule has 0 bridgehead atoms. The number of nitrogens with one attached hydrogen (secondary N) is 1. The van der Waals surface area contributed by atoms with Gasteiger partial charge in [-0.2, -0.15) is 5.10 Å². The zero-order valence-electron chi connectivity index (χ0n) is 13.2. The summed E-state index contributed by atoms with van der Waals surface area (Å²) in [7, 11) is 1.59. The lowest BCUT2D eigenvalue weighted by Gasteiger charge is -2.12. The van der Waals surface area contributed by atoms with Crippen molar-refractivity contribution < 1.29 is 14.3 Å². The molecule has 6 heteroatoms. The van der Waals surface area contributed by atoms with Crippen molar-refractivity contribution in [3.8, 4) is 17.0 Å². The molecular weight excluding hydrogens is 308 g/mol. The summed E-state index contributed by atoms with van der Waals surface area (Å²) in [5, 5.41) is 7.88. The maximum Gasteiger partial charge on any atom is 0.339 e. The number of hydrogen-bond donors (Lipinski definition) is 1. The molecule has 0 fully saturated rings. The van der Waals surface area contributed by atoms with Crippen molar-refractivity contribution in [2.75, 3.05) is 7.11 Å². The van der Waals surface area contributed by atoms with Crippen molar-refractivity contribution in [2.24, 2.45) is 0 Å². The molecule has 1 aliphatic heterocycles. The lowest BCUT2D eigenvalue weighted by atomic mass is 9.95. The van der Waals surface area contributed by atoms with Crippen LogP contribution in [0, 0.1) is 6.92 Å². The normalized spacial score (nSPS) is 13.0. The highest BCUT2D eigenvalue weighted by Gasteiger charge is 2.28. The van der Waals surface area contributed by atoms with Gasteiger partial charge in [-0.3, -0.25) is 4.79 Å². The molecule has 1 aromatic heterocycles. The van der Waals surface area contributed by atoms with Crippen molar-refractivity contribution >= 4 is 16.7 Å². The molecule has 1 aliphatic rings. The second kappa shape index (κ2) is 5.19. The number of nitrogens with zero attached hydrogens (tertiary/aromatic N) is 1. The number of para-hydroxylation sites is 1. The Balaban J connectivity index is 2.14. The fourth-order valence-electron chi connectivity index (χ4n) is 3.24. The number of H-pyrrole nitrogens is 1. The molecule has 0 saturated heterocycles. The van der Waals surface area contributed by atoms with Gasteiger partial charge in [0, 0.05) is 16.5 Å². The Bertz CT molecular complexity index is 1050. The van der Waals surface area contributed by atoms with Gasteiger partial charge in [0.1, 0.15) is 18.1 Å². The second-order valence-corrected chi connectivity index (χ2v) is 5.65. The predicted octanol–water partition coefficient (Wildman–Crippen LogP) is 2.58. The number of cyclic esters (lactones) is 1. The number of hydrogen-bond acceptors (Lipinski definition) is 5. The Morgan fingerprint density at radius 2 is 2.04 bits per heavy atom. The monoisotopic (exact) mass is 322 g/mol. The average Bonchev–Trinajstić information content (AvgIpc) is 2.97. The highest BCUT2D eigenvalue weighted by Crippen LogP contribution is 2.36. The molecule has 2 heterocycles. The lowest BCUT2D eigenvalue weighted by molar-refractivity contribution is 0.0535. The molecule has 4 rings (SSSR count). The average molecular weight is 322 g/mol. The van der Waals surface area contributed by atoms with Gasteiger partial charge in [-0.15, -0.1) is 0 Å². The number of methoxy groups -OCH3 is 1. The maximum atomic E-state index is 12.4. The quantitative estimate of drug-likeness (QED) is 0.733. The van der Waals surface area contributed by atoms with Gasteiger partial charge in [-0.25, -0.2) is 9.89 Å². The molecule has 120 valence electrons. The Kier molecular flexibility index (Phi) is 3.13. The van der Waals surface area contributed by atoms with E-state index < -0.39 is 0 Å². The molecule has 24 heavy (non-hydrogen) atoms. The number of aromatic amines is 1. The number of aromatic nitrogens is 2. The van der Waals surface area contributed by atoms with E-state index in [-0.39, 0.29) is 18.1 Å². The van der Waals surface area contributed by atoms with Crippen LogP contribution in [0.25, 0.3) is 22.0 Å². The molecule has 0 amide bonds. The number of ether oxygens (including phenoxy) is 2. The fraction of sp³-hybridized carbons (Fsp3) is 0.167. The first-order valence-electron chi connectivity index (χ1n) is 7.47. The van der Waals surface area contributed by atoms with E-state index in [4.69, 9.17) is 9.47 Å². The van der Waals surface area contributed by atoms with Crippen LogP contribution in [0.3, 0.4) is 0 Å². The number of aryl methyl sites for hydroxylation is 1. The topological polar surface area (TPSA) is 81.3 Å². The summed E-state index contributed by atoms with van der Waals surface area (Å²) >= 11 is 0. The number of rotatable bonds is 2. The summed E-state index contributed by atoms with van der Waals surface area (Å²) in [6.07, 6.45) is 0. The number of carbonyl (C=O) groups excluding carboxylic acids is 1. The van der Waals surface area contributed by atoms with Gasteiger partial charge in [0.15, 0.2) is 0 Å². The SMILES string of the molecule is COc1ccccc1-c1n[nH]c(=O)c2c3c(c(C)cc12)C(=O)OC3. The van der Waals surface area contributed by atoms with Crippen LogP contribution in [0.2, 0.25) is 0 Å². The van der Waals surface area contributed by atoms with Crippen molar-refractivity contribution in [1.29, 1.82) is 0 Å². The Morgan fingerprint density at radius 3 is 2.83 bits per heavy atom. The second-order valence-electron chi connectivity index (χ2n) is 5.65. The predicted molar refractivity (Wildman–Crippen MR) is 88.2 cm³/mol. The van der Waals surface area contributed by atoms with E-state index in [0.29, 0.717) is 33.3 Å². The minimum atomic E-state index is -0.389. The Hall–Kier alpha value is -3.15. The molecule has 0 unspecified atom stereocenters. The molecular formula is C18H14N2O4. The summed E-state index contributed by atoms with van der Waals surface area (Å²) in [6.45, 7) is 1.93. The third-order valence-electron chi connectivity index (χ3n) is 4.29. The molecule has 0 saturated carbocycles. The summed E-state index contributed by atoms with van der Waals surface area (Å²) in [6, 6.07) is 9.27. The first-order valence-corrected chi connectivity index (χ1v) is 7.47. The minimum Gasteiger partial charge on any atom is -0.496 e. The van der Waals surface area contributed by atoms with Gasteiger partial charge in [0.25, 0.3) is 5.56 Å². The van der Waals surface area contributed by atoms with Gasteiger partial charge >= 0.3 is 5.97 Å². The lowest BCUT2D eigenvalue weighted by Crippen LogP contribution is -2.13. The van der Waals surface area contributed by atoms with Crippen LogP contribution in [0.4, 0.5) is 0 Å². The standard InChI is InChI=1S/C18H14N2O4/c1-9-7-11-15(12-8-24-18(22)14(9)12)17(21)20-19-16(11)10-5-3-4-6-13(10)23-2/h3-7H,8H2,1-2H3,(H,20,21).